The molecule has 1 unspecified atom stereocenters. The van der Waals surface area contributed by atoms with E-state index in [2.05, 4.69) is 11.8 Å². The molecule has 0 aliphatic carbocycles. The fraction of sp³-hybridized carbons (Fsp3) is 0.467. The average Bonchev–Trinajstić information content (AvgIpc) is 2.36. The summed E-state index contributed by atoms with van der Waals surface area (Å²) in [6, 6.07) is 4.48. The molecule has 0 spiro atoms. The van der Waals surface area contributed by atoms with E-state index < -0.39 is 0 Å². The molecule has 0 aliphatic rings. The number of halogens is 1. The van der Waals surface area contributed by atoms with Gasteiger partial charge >= 0.3 is 0 Å². The van der Waals surface area contributed by atoms with Gasteiger partial charge in [-0.15, -0.1) is 0 Å². The Morgan fingerprint density at radius 2 is 2.16 bits per heavy atom. The molecule has 0 bridgehead atoms. The molecule has 3 nitrogen and oxygen atoms in total. The van der Waals surface area contributed by atoms with Crippen molar-refractivity contribution in [3.05, 3.63) is 35.1 Å². The smallest absolute Gasteiger partial charge is 0.124 e. The fourth-order valence-electron chi connectivity index (χ4n) is 1.71. The second kappa shape index (κ2) is 7.90. The first kappa shape index (κ1) is 15.6. The van der Waals surface area contributed by atoms with Gasteiger partial charge in [-0.2, -0.15) is 0 Å². The van der Waals surface area contributed by atoms with E-state index in [4.69, 9.17) is 5.11 Å². The Kier molecular flexibility index (Phi) is 6.51. The van der Waals surface area contributed by atoms with E-state index in [-0.39, 0.29) is 18.5 Å². The van der Waals surface area contributed by atoms with Crippen LogP contribution in [0.4, 0.5) is 4.39 Å². The Morgan fingerprint density at radius 3 is 2.79 bits per heavy atom. The second-order valence-corrected chi connectivity index (χ2v) is 4.64. The van der Waals surface area contributed by atoms with Gasteiger partial charge in [-0.05, 0) is 38.1 Å². The van der Waals surface area contributed by atoms with Crippen LogP contribution in [0.1, 0.15) is 24.5 Å². The summed E-state index contributed by atoms with van der Waals surface area (Å²) in [4.78, 5) is 2.05. The zero-order valence-corrected chi connectivity index (χ0v) is 11.4. The van der Waals surface area contributed by atoms with Crippen LogP contribution in [0.2, 0.25) is 0 Å². The normalized spacial score (nSPS) is 12.1. The molecule has 104 valence electrons. The first-order valence-electron chi connectivity index (χ1n) is 6.27. The van der Waals surface area contributed by atoms with Crippen molar-refractivity contribution in [1.29, 1.82) is 0 Å². The van der Waals surface area contributed by atoms with E-state index in [1.54, 1.807) is 13.0 Å². The Balaban J connectivity index is 2.76. The molecule has 0 amide bonds. The standard InChI is InChI=1S/C15H20FNO2/c1-12(19)7-8-17(2)11-14-5-6-15(16)10-13(14)4-3-9-18/h5-6,10,12,18-19H,7-9,11H2,1-2H3. The van der Waals surface area contributed by atoms with Crippen LogP contribution in [0.3, 0.4) is 0 Å². The zero-order chi connectivity index (χ0) is 14.3. The minimum absolute atomic E-state index is 0.242. The molecule has 1 aromatic carbocycles. The van der Waals surface area contributed by atoms with Gasteiger partial charge in [0.25, 0.3) is 0 Å². The van der Waals surface area contributed by atoms with Crippen molar-refractivity contribution in [2.45, 2.75) is 26.0 Å². The molecule has 1 aromatic rings. The first-order valence-corrected chi connectivity index (χ1v) is 6.27. The number of hydrogen-bond donors (Lipinski definition) is 2. The van der Waals surface area contributed by atoms with Gasteiger partial charge in [-0.3, -0.25) is 0 Å². The number of aliphatic hydroxyl groups is 2. The maximum Gasteiger partial charge on any atom is 0.124 e. The highest BCUT2D eigenvalue weighted by Gasteiger charge is 2.07. The monoisotopic (exact) mass is 265 g/mol. The summed E-state index contributed by atoms with van der Waals surface area (Å²) in [7, 11) is 1.94. The summed E-state index contributed by atoms with van der Waals surface area (Å²) in [5.74, 6) is 4.96. The Morgan fingerprint density at radius 1 is 1.42 bits per heavy atom. The van der Waals surface area contributed by atoms with Crippen LogP contribution in [0.15, 0.2) is 18.2 Å². The van der Waals surface area contributed by atoms with Crippen molar-refractivity contribution in [2.24, 2.45) is 0 Å². The van der Waals surface area contributed by atoms with E-state index >= 15 is 0 Å². The van der Waals surface area contributed by atoms with Gasteiger partial charge in [0, 0.05) is 18.7 Å². The van der Waals surface area contributed by atoms with Crippen LogP contribution in [0, 0.1) is 17.7 Å². The third-order valence-electron chi connectivity index (χ3n) is 2.74. The highest BCUT2D eigenvalue weighted by Crippen LogP contribution is 2.13. The molecule has 0 aliphatic heterocycles. The Bertz CT molecular complexity index is 463. The molecule has 0 radical (unpaired) electrons. The maximum absolute atomic E-state index is 13.2. The van der Waals surface area contributed by atoms with Gasteiger partial charge in [0.2, 0.25) is 0 Å². The van der Waals surface area contributed by atoms with Crippen LogP contribution in [-0.4, -0.2) is 41.4 Å². The minimum Gasteiger partial charge on any atom is -0.393 e. The van der Waals surface area contributed by atoms with Gasteiger partial charge in [0.15, 0.2) is 0 Å². The van der Waals surface area contributed by atoms with Gasteiger partial charge in [0.05, 0.1) is 6.10 Å². The Hall–Kier alpha value is -1.41. The quantitative estimate of drug-likeness (QED) is 0.790. The molecule has 0 fully saturated rings. The second-order valence-electron chi connectivity index (χ2n) is 4.64. The predicted octanol–water partition coefficient (Wildman–Crippen LogP) is 1.37. The lowest BCUT2D eigenvalue weighted by Crippen LogP contribution is -2.22. The number of hydrogen-bond acceptors (Lipinski definition) is 3. The molecular formula is C15H20FNO2. The molecule has 1 rings (SSSR count). The van der Waals surface area contributed by atoms with Crippen molar-refractivity contribution in [2.75, 3.05) is 20.2 Å². The summed E-state index contributed by atoms with van der Waals surface area (Å²) in [6.07, 6.45) is 0.360. The van der Waals surface area contributed by atoms with Crippen LogP contribution in [-0.2, 0) is 6.54 Å². The molecule has 0 saturated heterocycles. The number of nitrogens with zero attached hydrogens (tertiary/aromatic N) is 1. The van der Waals surface area contributed by atoms with Crippen molar-refractivity contribution in [1.82, 2.24) is 4.90 Å². The van der Waals surface area contributed by atoms with Gasteiger partial charge in [-0.1, -0.05) is 17.9 Å². The molecule has 0 heterocycles. The van der Waals surface area contributed by atoms with Crippen molar-refractivity contribution in [3.63, 3.8) is 0 Å². The lowest BCUT2D eigenvalue weighted by molar-refractivity contribution is 0.163. The lowest BCUT2D eigenvalue weighted by atomic mass is 10.1. The van der Waals surface area contributed by atoms with Crippen LogP contribution < -0.4 is 0 Å². The topological polar surface area (TPSA) is 43.7 Å². The molecule has 4 heteroatoms. The SMILES string of the molecule is CC(O)CCN(C)Cc1ccc(F)cc1C#CCO. The van der Waals surface area contributed by atoms with Crippen molar-refractivity contribution in [3.8, 4) is 11.8 Å². The Labute approximate surface area is 113 Å². The largest absolute Gasteiger partial charge is 0.393 e. The van der Waals surface area contributed by atoms with Crippen molar-refractivity contribution < 1.29 is 14.6 Å². The molecule has 0 saturated carbocycles. The third-order valence-corrected chi connectivity index (χ3v) is 2.74. The van der Waals surface area contributed by atoms with Crippen molar-refractivity contribution >= 4 is 0 Å². The lowest BCUT2D eigenvalue weighted by Gasteiger charge is -2.18. The highest BCUT2D eigenvalue weighted by atomic mass is 19.1. The zero-order valence-electron chi connectivity index (χ0n) is 11.4. The van der Waals surface area contributed by atoms with E-state index in [1.165, 1.54) is 12.1 Å². The summed E-state index contributed by atoms with van der Waals surface area (Å²) in [5, 5.41) is 18.0. The van der Waals surface area contributed by atoms with Gasteiger partial charge in [-0.25, -0.2) is 4.39 Å². The maximum atomic E-state index is 13.2. The number of aliphatic hydroxyl groups excluding tert-OH is 2. The average molecular weight is 265 g/mol. The molecule has 1 atom stereocenters. The van der Waals surface area contributed by atoms with Crippen LogP contribution >= 0.6 is 0 Å². The first-order chi connectivity index (χ1) is 9.02. The molecular weight excluding hydrogens is 245 g/mol. The summed E-state index contributed by atoms with van der Waals surface area (Å²) in [5.41, 5.74) is 1.51. The predicted molar refractivity (Wildman–Crippen MR) is 73.0 cm³/mol. The van der Waals surface area contributed by atoms with E-state index in [0.29, 0.717) is 18.5 Å². The fourth-order valence-corrected chi connectivity index (χ4v) is 1.71. The molecule has 0 aromatic heterocycles. The van der Waals surface area contributed by atoms with Gasteiger partial charge in [0.1, 0.15) is 12.4 Å². The van der Waals surface area contributed by atoms with E-state index in [0.717, 1.165) is 12.1 Å². The van der Waals surface area contributed by atoms with E-state index in [9.17, 15) is 9.50 Å². The summed E-state index contributed by atoms with van der Waals surface area (Å²) in [6.45, 7) is 2.89. The van der Waals surface area contributed by atoms with Crippen LogP contribution in [0.25, 0.3) is 0 Å². The molecule has 2 N–H and O–H groups in total. The minimum atomic E-state index is -0.336. The number of benzene rings is 1. The summed E-state index contributed by atoms with van der Waals surface area (Å²) < 4.78 is 13.2. The van der Waals surface area contributed by atoms with Gasteiger partial charge < -0.3 is 15.1 Å². The number of rotatable bonds is 5. The summed E-state index contributed by atoms with van der Waals surface area (Å²) >= 11 is 0. The van der Waals surface area contributed by atoms with E-state index in [1.807, 2.05) is 11.9 Å². The third kappa shape index (κ3) is 5.84. The highest BCUT2D eigenvalue weighted by molar-refractivity contribution is 5.41. The molecule has 19 heavy (non-hydrogen) atoms. The van der Waals surface area contributed by atoms with Crippen LogP contribution in [0.5, 0.6) is 0 Å².